The van der Waals surface area contributed by atoms with Crippen LogP contribution in [0, 0.1) is 11.8 Å². The standard InChI is InChI=1S/C64H124O17P2/c1-7-10-12-14-16-21-30-36-42-48-63(68)80-59(52-74-61(66)46-40-34-28-17-15-13-11-8-2)54-78-82(70,71)76-50-58(65)51-77-83(72,73)79-55-60(53-75-62(67)47-41-35-29-25-20-22-26-32-38-44-56(4)5)81-64(69)49-43-37-31-24-19-18-23-27-33-39-45-57(6)9-3/h56-60,65H,7-55H2,1-6H3,(H,70,71)(H,72,73)/t57?,58-,59+,60+/m0/s1. The second-order valence-corrected chi connectivity index (χ2v) is 26.8. The van der Waals surface area contributed by atoms with Gasteiger partial charge in [-0.05, 0) is 37.5 Å². The van der Waals surface area contributed by atoms with Crippen molar-refractivity contribution < 1.29 is 80.2 Å². The lowest BCUT2D eigenvalue weighted by Gasteiger charge is -2.21. The van der Waals surface area contributed by atoms with Gasteiger partial charge in [0.25, 0.3) is 0 Å². The molecule has 0 saturated heterocycles. The van der Waals surface area contributed by atoms with Gasteiger partial charge in [0.05, 0.1) is 26.4 Å². The van der Waals surface area contributed by atoms with Crippen LogP contribution in [-0.4, -0.2) is 96.7 Å². The number of aliphatic hydroxyl groups is 1. The maximum absolute atomic E-state index is 13.0. The second-order valence-electron chi connectivity index (χ2n) is 23.9. The maximum atomic E-state index is 13.0. The lowest BCUT2D eigenvalue weighted by Crippen LogP contribution is -2.30. The Hall–Kier alpha value is -1.94. The summed E-state index contributed by atoms with van der Waals surface area (Å²) in [5.74, 6) is -0.590. The van der Waals surface area contributed by atoms with Crippen LogP contribution in [0.5, 0.6) is 0 Å². The number of unbranched alkanes of at least 4 members (excludes halogenated alkanes) is 32. The Balaban J connectivity index is 5.23. The van der Waals surface area contributed by atoms with Crippen molar-refractivity contribution in [1.82, 2.24) is 0 Å². The second kappa shape index (κ2) is 56.6. The highest BCUT2D eigenvalue weighted by Gasteiger charge is 2.30. The van der Waals surface area contributed by atoms with Gasteiger partial charge < -0.3 is 33.8 Å². The fraction of sp³-hybridized carbons (Fsp3) is 0.938. The van der Waals surface area contributed by atoms with Gasteiger partial charge in [-0.2, -0.15) is 0 Å². The Morgan fingerprint density at radius 3 is 0.916 bits per heavy atom. The van der Waals surface area contributed by atoms with Gasteiger partial charge >= 0.3 is 39.5 Å². The van der Waals surface area contributed by atoms with Crippen molar-refractivity contribution in [3.8, 4) is 0 Å². The molecule has 0 aliphatic carbocycles. The molecule has 0 aromatic heterocycles. The van der Waals surface area contributed by atoms with Gasteiger partial charge in [0.1, 0.15) is 19.3 Å². The molecule has 3 unspecified atom stereocenters. The normalized spacial score (nSPS) is 14.6. The van der Waals surface area contributed by atoms with E-state index in [0.717, 1.165) is 108 Å². The Kier molecular flexibility index (Phi) is 55.2. The number of esters is 4. The molecule has 0 aliphatic rings. The van der Waals surface area contributed by atoms with E-state index in [1.807, 2.05) is 0 Å². The summed E-state index contributed by atoms with van der Waals surface area (Å²) < 4.78 is 67.9. The molecule has 0 spiro atoms. The van der Waals surface area contributed by atoms with E-state index in [0.29, 0.717) is 25.7 Å². The van der Waals surface area contributed by atoms with E-state index in [9.17, 15) is 43.2 Å². The van der Waals surface area contributed by atoms with Gasteiger partial charge in [0.15, 0.2) is 12.2 Å². The lowest BCUT2D eigenvalue weighted by molar-refractivity contribution is -0.161. The molecule has 492 valence electrons. The van der Waals surface area contributed by atoms with E-state index in [4.69, 9.17) is 37.0 Å². The van der Waals surface area contributed by atoms with Crippen molar-refractivity contribution in [2.45, 2.75) is 336 Å². The Labute approximate surface area is 505 Å². The van der Waals surface area contributed by atoms with Gasteiger partial charge in [-0.3, -0.25) is 37.3 Å². The molecular weight excluding hydrogens is 1100 g/mol. The smallest absolute Gasteiger partial charge is 0.462 e. The van der Waals surface area contributed by atoms with Crippen molar-refractivity contribution in [3.05, 3.63) is 0 Å². The van der Waals surface area contributed by atoms with Crippen molar-refractivity contribution >= 4 is 39.5 Å². The van der Waals surface area contributed by atoms with E-state index >= 15 is 0 Å². The van der Waals surface area contributed by atoms with E-state index in [-0.39, 0.29) is 25.7 Å². The summed E-state index contributed by atoms with van der Waals surface area (Å²) in [5, 5.41) is 10.5. The minimum atomic E-state index is -4.94. The first kappa shape index (κ1) is 81.1. The van der Waals surface area contributed by atoms with E-state index in [1.165, 1.54) is 128 Å². The van der Waals surface area contributed by atoms with Gasteiger partial charge in [-0.1, -0.05) is 266 Å². The maximum Gasteiger partial charge on any atom is 0.472 e. The monoisotopic (exact) mass is 1230 g/mol. The van der Waals surface area contributed by atoms with E-state index in [1.54, 1.807) is 0 Å². The zero-order valence-electron chi connectivity index (χ0n) is 53.5. The molecular formula is C64H124O17P2. The van der Waals surface area contributed by atoms with Crippen LogP contribution in [0.15, 0.2) is 0 Å². The van der Waals surface area contributed by atoms with Crippen molar-refractivity contribution in [2.24, 2.45) is 11.8 Å². The molecule has 83 heavy (non-hydrogen) atoms. The minimum Gasteiger partial charge on any atom is -0.462 e. The zero-order valence-corrected chi connectivity index (χ0v) is 55.3. The number of carbonyl (C=O) groups is 4. The first-order valence-corrected chi connectivity index (χ1v) is 36.5. The van der Waals surface area contributed by atoms with Crippen LogP contribution in [-0.2, 0) is 65.4 Å². The minimum absolute atomic E-state index is 0.105. The predicted octanol–water partition coefficient (Wildman–Crippen LogP) is 17.7. The molecule has 0 bridgehead atoms. The molecule has 0 rings (SSSR count). The van der Waals surface area contributed by atoms with Crippen LogP contribution in [0.1, 0.15) is 318 Å². The van der Waals surface area contributed by atoms with Gasteiger partial charge in [-0.15, -0.1) is 0 Å². The van der Waals surface area contributed by atoms with Gasteiger partial charge in [0.2, 0.25) is 0 Å². The first-order chi connectivity index (χ1) is 39.9. The number of rotatable bonds is 63. The molecule has 0 heterocycles. The zero-order chi connectivity index (χ0) is 61.5. The quantitative estimate of drug-likeness (QED) is 0.0222. The van der Waals surface area contributed by atoms with Crippen molar-refractivity contribution in [1.29, 1.82) is 0 Å². The van der Waals surface area contributed by atoms with Crippen LogP contribution >= 0.6 is 15.6 Å². The number of hydrogen-bond donors (Lipinski definition) is 3. The summed E-state index contributed by atoms with van der Waals surface area (Å²) in [6, 6.07) is 0. The predicted molar refractivity (Wildman–Crippen MR) is 331 cm³/mol. The molecule has 0 aromatic carbocycles. The average Bonchev–Trinajstić information content (AvgIpc) is 3.46. The first-order valence-electron chi connectivity index (χ1n) is 33.5. The molecule has 0 aromatic rings. The highest BCUT2D eigenvalue weighted by molar-refractivity contribution is 7.47. The molecule has 0 amide bonds. The number of hydrogen-bond acceptors (Lipinski definition) is 15. The Morgan fingerprint density at radius 1 is 0.349 bits per heavy atom. The lowest BCUT2D eigenvalue weighted by atomic mass is 9.99. The topological polar surface area (TPSA) is 237 Å². The SMILES string of the molecule is CCCCCCCCCCCC(=O)O[C@H](COC(=O)CCCCCCCCCC)COP(=O)(O)OC[C@H](O)COP(=O)(O)OC[C@@H](COC(=O)CCCCCCCCCCCC(C)C)OC(=O)CCCCCCCCCCCCC(C)CC. The number of phosphoric ester groups is 2. The Morgan fingerprint density at radius 2 is 0.614 bits per heavy atom. The third-order valence-corrected chi connectivity index (χ3v) is 17.0. The summed E-state index contributed by atoms with van der Waals surface area (Å²) in [6.07, 6.45) is 38.9. The van der Waals surface area contributed by atoms with Gasteiger partial charge in [0, 0.05) is 25.7 Å². The molecule has 0 saturated carbocycles. The highest BCUT2D eigenvalue weighted by atomic mass is 31.2. The fourth-order valence-electron chi connectivity index (χ4n) is 9.50. The molecule has 19 heteroatoms. The number of aliphatic hydroxyl groups excluding tert-OH is 1. The number of phosphoric acid groups is 2. The fourth-order valence-corrected chi connectivity index (χ4v) is 11.1. The van der Waals surface area contributed by atoms with Crippen LogP contribution < -0.4 is 0 Å². The van der Waals surface area contributed by atoms with Crippen molar-refractivity contribution in [2.75, 3.05) is 39.6 Å². The van der Waals surface area contributed by atoms with Crippen molar-refractivity contribution in [3.63, 3.8) is 0 Å². The third kappa shape index (κ3) is 57.6. The molecule has 17 nitrogen and oxygen atoms in total. The van der Waals surface area contributed by atoms with Crippen LogP contribution in [0.2, 0.25) is 0 Å². The molecule has 6 atom stereocenters. The third-order valence-electron chi connectivity index (χ3n) is 15.1. The van der Waals surface area contributed by atoms with E-state index < -0.39 is 97.5 Å². The number of carbonyl (C=O) groups excluding carboxylic acids is 4. The van der Waals surface area contributed by atoms with Crippen LogP contribution in [0.3, 0.4) is 0 Å². The summed E-state index contributed by atoms with van der Waals surface area (Å²) in [5.41, 5.74) is 0. The van der Waals surface area contributed by atoms with Crippen LogP contribution in [0.25, 0.3) is 0 Å². The van der Waals surface area contributed by atoms with Gasteiger partial charge in [-0.25, -0.2) is 9.13 Å². The average molecular weight is 1230 g/mol. The molecule has 0 radical (unpaired) electrons. The van der Waals surface area contributed by atoms with E-state index in [2.05, 4.69) is 41.5 Å². The highest BCUT2D eigenvalue weighted by Crippen LogP contribution is 2.45. The summed E-state index contributed by atoms with van der Waals surface area (Å²) >= 11 is 0. The Bertz CT molecular complexity index is 1630. The summed E-state index contributed by atoms with van der Waals surface area (Å²) in [4.78, 5) is 72.1. The molecule has 3 N–H and O–H groups in total. The molecule has 0 aliphatic heterocycles. The summed E-state index contributed by atoms with van der Waals surface area (Å²) in [7, 11) is -9.88. The number of ether oxygens (including phenoxy) is 4. The summed E-state index contributed by atoms with van der Waals surface area (Å²) in [6.45, 7) is 9.46. The largest absolute Gasteiger partial charge is 0.472 e. The van der Waals surface area contributed by atoms with Crippen LogP contribution in [0.4, 0.5) is 0 Å². The molecule has 0 fully saturated rings.